The van der Waals surface area contributed by atoms with Crippen LogP contribution in [0.25, 0.3) is 0 Å². The summed E-state index contributed by atoms with van der Waals surface area (Å²) in [4.78, 5) is 35.0. The molecule has 0 saturated heterocycles. The smallest absolute Gasteiger partial charge is 0.462 e. The van der Waals surface area contributed by atoms with Gasteiger partial charge in [0.2, 0.25) is 0 Å². The van der Waals surface area contributed by atoms with Gasteiger partial charge in [-0.1, -0.05) is 174 Å². The van der Waals surface area contributed by atoms with Crippen molar-refractivity contribution in [2.24, 2.45) is 5.73 Å². The van der Waals surface area contributed by atoms with E-state index in [1.807, 2.05) is 6.08 Å². The molecule has 9 nitrogen and oxygen atoms in total. The number of hydrogen-bond acceptors (Lipinski definition) is 8. The summed E-state index contributed by atoms with van der Waals surface area (Å²) in [6.07, 6.45) is 65.2. The molecule has 3 N–H and O–H groups in total. The summed E-state index contributed by atoms with van der Waals surface area (Å²) in [6.45, 7) is 3.49. The highest BCUT2D eigenvalue weighted by molar-refractivity contribution is 7.47. The minimum absolute atomic E-state index is 0.0348. The van der Waals surface area contributed by atoms with Crippen LogP contribution < -0.4 is 5.73 Å². The van der Waals surface area contributed by atoms with Gasteiger partial charge >= 0.3 is 19.8 Å². The van der Waals surface area contributed by atoms with E-state index >= 15 is 0 Å². The number of nitrogens with two attached hydrogens (primary N) is 1. The zero-order chi connectivity index (χ0) is 46.0. The first-order valence-electron chi connectivity index (χ1n) is 24.0. The topological polar surface area (TPSA) is 134 Å². The van der Waals surface area contributed by atoms with Crippen LogP contribution >= 0.6 is 7.82 Å². The van der Waals surface area contributed by atoms with Gasteiger partial charge in [-0.2, -0.15) is 0 Å². The quantitative estimate of drug-likeness (QED) is 0.0265. The lowest BCUT2D eigenvalue weighted by atomic mass is 10.1. The predicted octanol–water partition coefficient (Wildman–Crippen LogP) is 14.5. The molecular weight excluding hydrogens is 810 g/mol. The molecule has 0 aromatic carbocycles. The molecule has 0 spiro atoms. The lowest BCUT2D eigenvalue weighted by molar-refractivity contribution is -0.161. The molecule has 0 heterocycles. The summed E-state index contributed by atoms with van der Waals surface area (Å²) in [5.74, 6) is -0.925. The molecule has 2 atom stereocenters. The van der Waals surface area contributed by atoms with E-state index in [9.17, 15) is 19.0 Å². The van der Waals surface area contributed by atoms with E-state index in [2.05, 4.69) is 129 Å². The second-order valence-electron chi connectivity index (χ2n) is 15.2. The van der Waals surface area contributed by atoms with Crippen LogP contribution in [0.2, 0.25) is 0 Å². The van der Waals surface area contributed by atoms with Gasteiger partial charge in [0.15, 0.2) is 6.10 Å². The van der Waals surface area contributed by atoms with Gasteiger partial charge in [0.1, 0.15) is 6.61 Å². The van der Waals surface area contributed by atoms with Crippen LogP contribution in [0.5, 0.6) is 0 Å². The van der Waals surface area contributed by atoms with Gasteiger partial charge in [-0.05, 0) is 103 Å². The molecule has 10 heteroatoms. The summed E-state index contributed by atoms with van der Waals surface area (Å²) in [5, 5.41) is 0. The molecule has 0 aliphatic rings. The molecule has 0 bridgehead atoms. The Hall–Kier alpha value is -3.59. The summed E-state index contributed by atoms with van der Waals surface area (Å²) in [5.41, 5.74) is 5.35. The number of ether oxygens (including phenoxy) is 2. The molecule has 0 aliphatic heterocycles. The number of phosphoric ester groups is 1. The van der Waals surface area contributed by atoms with E-state index in [1.165, 1.54) is 25.7 Å². The molecule has 63 heavy (non-hydrogen) atoms. The van der Waals surface area contributed by atoms with Crippen molar-refractivity contribution in [3.05, 3.63) is 122 Å². The Labute approximate surface area is 383 Å². The third kappa shape index (κ3) is 47.7. The van der Waals surface area contributed by atoms with Crippen molar-refractivity contribution in [3.8, 4) is 0 Å². The number of phosphoric acid groups is 1. The maximum absolute atomic E-state index is 12.6. The van der Waals surface area contributed by atoms with Crippen molar-refractivity contribution in [2.45, 2.75) is 174 Å². The van der Waals surface area contributed by atoms with Gasteiger partial charge in [-0.25, -0.2) is 4.57 Å². The minimum Gasteiger partial charge on any atom is -0.462 e. The summed E-state index contributed by atoms with van der Waals surface area (Å²) >= 11 is 0. The van der Waals surface area contributed by atoms with Gasteiger partial charge in [-0.15, -0.1) is 0 Å². The molecule has 0 radical (unpaired) electrons. The van der Waals surface area contributed by atoms with Crippen LogP contribution in [0, 0.1) is 0 Å². The second kappa shape index (κ2) is 47.9. The molecule has 0 fully saturated rings. The molecule has 0 aliphatic carbocycles. The van der Waals surface area contributed by atoms with Crippen LogP contribution in [-0.2, 0) is 32.7 Å². The van der Waals surface area contributed by atoms with Crippen molar-refractivity contribution in [2.75, 3.05) is 26.4 Å². The maximum Gasteiger partial charge on any atom is 0.472 e. The van der Waals surface area contributed by atoms with E-state index in [1.54, 1.807) is 0 Å². The summed E-state index contributed by atoms with van der Waals surface area (Å²) in [7, 11) is -4.41. The van der Waals surface area contributed by atoms with Crippen LogP contribution in [-0.4, -0.2) is 49.3 Å². The number of carbonyl (C=O) groups is 2. The van der Waals surface area contributed by atoms with Crippen molar-refractivity contribution < 1.29 is 37.6 Å². The van der Waals surface area contributed by atoms with Crippen molar-refractivity contribution in [1.29, 1.82) is 0 Å². The predicted molar refractivity (Wildman–Crippen MR) is 265 cm³/mol. The fourth-order valence-corrected chi connectivity index (χ4v) is 6.57. The van der Waals surface area contributed by atoms with E-state index < -0.39 is 32.5 Å². The summed E-state index contributed by atoms with van der Waals surface area (Å²) in [6, 6.07) is 0. The monoisotopic (exact) mass is 896 g/mol. The van der Waals surface area contributed by atoms with E-state index in [0.717, 1.165) is 96.3 Å². The van der Waals surface area contributed by atoms with Gasteiger partial charge in [0, 0.05) is 19.4 Å². The van der Waals surface area contributed by atoms with E-state index in [-0.39, 0.29) is 32.6 Å². The van der Waals surface area contributed by atoms with Crippen LogP contribution in [0.3, 0.4) is 0 Å². The van der Waals surface area contributed by atoms with Gasteiger partial charge in [0.25, 0.3) is 0 Å². The minimum atomic E-state index is -4.41. The molecule has 0 rings (SSSR count). The summed E-state index contributed by atoms with van der Waals surface area (Å²) < 4.78 is 32.8. The van der Waals surface area contributed by atoms with Crippen LogP contribution in [0.15, 0.2) is 122 Å². The molecule has 0 aromatic heterocycles. The van der Waals surface area contributed by atoms with Gasteiger partial charge in [-0.3, -0.25) is 18.6 Å². The standard InChI is InChI=1S/C53H86NO8P/c1-3-5-7-9-11-13-15-17-19-21-23-24-25-26-28-30-32-34-36-38-40-42-44-46-53(56)62-51(50-61-63(57,58)60-48-47-54)49-59-52(55)45-43-41-39-37-35-33-31-29-27-22-20-18-16-14-12-10-8-6-4-2/h5,7,11-14,17-20,23-24,26-29,32,34,38,40,51H,3-4,6,8-10,15-16,21-22,25,30-31,33,35-37,39,41-50,54H2,1-2H3,(H,57,58)/b7-5-,13-11-,14-12-,19-17-,20-18-,24-23-,28-26-,29-27-,34-32-,40-38-. The first-order valence-corrected chi connectivity index (χ1v) is 25.5. The SMILES string of the molecule is CC/C=C\C/C=C\C/C=C\C/C=C\C/C=C\C/C=C\C/C=C\CCCC(=O)OC(COC(=O)CCCCCCCC/C=C\C/C=C\C/C=C\CCCCC)COP(=O)(O)OCCN. The average molecular weight is 896 g/mol. The Kier molecular flexibility index (Phi) is 45.2. The van der Waals surface area contributed by atoms with E-state index in [0.29, 0.717) is 19.3 Å². The molecule has 0 amide bonds. The Bertz CT molecular complexity index is 1440. The first kappa shape index (κ1) is 59.4. The molecular formula is C53H86NO8P. The first-order chi connectivity index (χ1) is 30.8. The zero-order valence-corrected chi connectivity index (χ0v) is 40.1. The Balaban J connectivity index is 4.27. The highest BCUT2D eigenvalue weighted by atomic mass is 31.2. The Morgan fingerprint density at radius 3 is 1.35 bits per heavy atom. The van der Waals surface area contributed by atoms with Crippen molar-refractivity contribution in [1.82, 2.24) is 0 Å². The number of unbranched alkanes of at least 4 members (excludes halogenated alkanes) is 10. The fraction of sp³-hybridized carbons (Fsp3) is 0.585. The second-order valence-corrected chi connectivity index (χ2v) is 16.7. The van der Waals surface area contributed by atoms with Crippen molar-refractivity contribution in [3.63, 3.8) is 0 Å². The largest absolute Gasteiger partial charge is 0.472 e. The number of hydrogen-bond donors (Lipinski definition) is 2. The van der Waals surface area contributed by atoms with Crippen LogP contribution in [0.4, 0.5) is 0 Å². The lowest BCUT2D eigenvalue weighted by Gasteiger charge is -2.19. The molecule has 0 aromatic rings. The van der Waals surface area contributed by atoms with Crippen molar-refractivity contribution >= 4 is 19.8 Å². The molecule has 2 unspecified atom stereocenters. The Morgan fingerprint density at radius 1 is 0.492 bits per heavy atom. The lowest BCUT2D eigenvalue weighted by Crippen LogP contribution is -2.29. The zero-order valence-electron chi connectivity index (χ0n) is 39.3. The number of rotatable bonds is 43. The third-order valence-electron chi connectivity index (χ3n) is 9.33. The van der Waals surface area contributed by atoms with Crippen LogP contribution in [0.1, 0.15) is 168 Å². The highest BCUT2D eigenvalue weighted by Crippen LogP contribution is 2.43. The fourth-order valence-electron chi connectivity index (χ4n) is 5.81. The van der Waals surface area contributed by atoms with Gasteiger partial charge < -0.3 is 20.1 Å². The average Bonchev–Trinajstić information content (AvgIpc) is 3.27. The molecule has 356 valence electrons. The maximum atomic E-state index is 12.6. The number of esters is 2. The van der Waals surface area contributed by atoms with Gasteiger partial charge in [0.05, 0.1) is 13.2 Å². The molecule has 0 saturated carbocycles. The number of carbonyl (C=O) groups excluding carboxylic acids is 2. The Morgan fingerprint density at radius 2 is 0.889 bits per heavy atom. The van der Waals surface area contributed by atoms with E-state index in [4.69, 9.17) is 24.3 Å². The third-order valence-corrected chi connectivity index (χ3v) is 10.3. The highest BCUT2D eigenvalue weighted by Gasteiger charge is 2.25. The normalized spacial score (nSPS) is 14.3. The number of allylic oxidation sites excluding steroid dienone is 20.